The van der Waals surface area contributed by atoms with E-state index in [0.717, 1.165) is 19.3 Å². The number of hydrogen-bond acceptors (Lipinski definition) is 0. The van der Waals surface area contributed by atoms with Crippen LogP contribution in [0.5, 0.6) is 0 Å². The van der Waals surface area contributed by atoms with Gasteiger partial charge in [-0.2, -0.15) is 0 Å². The fourth-order valence-corrected chi connectivity index (χ4v) is 1.61. The van der Waals surface area contributed by atoms with E-state index < -0.39 is 0 Å². The number of rotatable bonds is 9. The van der Waals surface area contributed by atoms with Crippen molar-refractivity contribution in [1.29, 1.82) is 0 Å². The van der Waals surface area contributed by atoms with Crippen LogP contribution in [-0.2, 0) is 0 Å². The molecule has 0 aliphatic rings. The molecule has 0 radical (unpaired) electrons. The van der Waals surface area contributed by atoms with Crippen LogP contribution in [0.15, 0.2) is 0 Å². The molecule has 0 saturated heterocycles. The van der Waals surface area contributed by atoms with Gasteiger partial charge in [0.2, 0.25) is 0 Å². The Labute approximate surface area is 102 Å². The molecule has 0 aliphatic carbocycles. The summed E-state index contributed by atoms with van der Waals surface area (Å²) in [6.07, 6.45) is 18.6. The minimum absolute atomic E-state index is 0.934. The van der Waals surface area contributed by atoms with Gasteiger partial charge in [0.25, 0.3) is 0 Å². The fourth-order valence-electron chi connectivity index (χ4n) is 1.61. The Kier molecular flexibility index (Phi) is 13.3. The fraction of sp³-hybridized carbons (Fsp3) is 0.750. The first-order chi connectivity index (χ1) is 7.91. The molecule has 0 unspecified atom stereocenters. The molecule has 0 fully saturated rings. The normalized spacial score (nSPS) is 9.25. The Morgan fingerprint density at radius 2 is 1.19 bits per heavy atom. The Hall–Kier alpha value is -0.880. The maximum Gasteiger partial charge on any atom is 0.00886 e. The zero-order valence-electron chi connectivity index (χ0n) is 10.9. The lowest BCUT2D eigenvalue weighted by Crippen LogP contribution is -1.77. The third-order valence-electron chi connectivity index (χ3n) is 2.65. The lowest BCUT2D eigenvalue weighted by Gasteiger charge is -1.94. The van der Waals surface area contributed by atoms with Crippen molar-refractivity contribution in [2.45, 2.75) is 77.6 Å². The van der Waals surface area contributed by atoms with Crippen molar-refractivity contribution in [2.75, 3.05) is 0 Å². The molecule has 0 aliphatic heterocycles. The Morgan fingerprint density at radius 3 is 1.69 bits per heavy atom. The van der Waals surface area contributed by atoms with E-state index in [1.54, 1.807) is 0 Å². The molecule has 0 heteroatoms. The maximum absolute atomic E-state index is 5.19. The molecular weight excluding hydrogens is 192 g/mol. The first kappa shape index (κ1) is 15.1. The van der Waals surface area contributed by atoms with E-state index in [2.05, 4.69) is 24.7 Å². The van der Waals surface area contributed by atoms with Crippen LogP contribution in [0.3, 0.4) is 0 Å². The van der Waals surface area contributed by atoms with Crippen molar-refractivity contribution in [3.05, 3.63) is 0 Å². The van der Waals surface area contributed by atoms with E-state index in [1.807, 2.05) is 0 Å². The second-order valence-corrected chi connectivity index (χ2v) is 4.28. The zero-order valence-corrected chi connectivity index (χ0v) is 10.9. The largest absolute Gasteiger partial charge is 0.120 e. The van der Waals surface area contributed by atoms with Gasteiger partial charge in [-0.3, -0.25) is 0 Å². The third kappa shape index (κ3) is 13.1. The predicted octanol–water partition coefficient (Wildman–Crippen LogP) is 4.93. The van der Waals surface area contributed by atoms with Gasteiger partial charge in [0.1, 0.15) is 0 Å². The first-order valence-electron chi connectivity index (χ1n) is 6.81. The van der Waals surface area contributed by atoms with Crippen molar-refractivity contribution in [3.63, 3.8) is 0 Å². The Balaban J connectivity index is 3.07. The third-order valence-corrected chi connectivity index (χ3v) is 2.65. The molecule has 0 rings (SSSR count). The van der Waals surface area contributed by atoms with Crippen LogP contribution in [0, 0.1) is 24.2 Å². The Bertz CT molecular complexity index is 221. The van der Waals surface area contributed by atoms with Crippen molar-refractivity contribution in [3.8, 4) is 24.2 Å². The smallest absolute Gasteiger partial charge is 0.00886 e. The summed E-state index contributed by atoms with van der Waals surface area (Å²) in [7, 11) is 0. The lowest BCUT2D eigenvalue weighted by atomic mass is 10.1. The summed E-state index contributed by atoms with van der Waals surface area (Å²) >= 11 is 0. The minimum Gasteiger partial charge on any atom is -0.120 e. The van der Waals surface area contributed by atoms with Gasteiger partial charge in [0, 0.05) is 19.3 Å². The topological polar surface area (TPSA) is 0 Å². The molecule has 0 bridgehead atoms. The summed E-state index contributed by atoms with van der Waals surface area (Å²) in [6, 6.07) is 0. The van der Waals surface area contributed by atoms with E-state index >= 15 is 0 Å². The first-order valence-corrected chi connectivity index (χ1v) is 6.81. The van der Waals surface area contributed by atoms with Crippen LogP contribution in [0.25, 0.3) is 0 Å². The van der Waals surface area contributed by atoms with Crippen molar-refractivity contribution in [1.82, 2.24) is 0 Å². The van der Waals surface area contributed by atoms with Crippen molar-refractivity contribution in [2.24, 2.45) is 0 Å². The monoisotopic (exact) mass is 218 g/mol. The highest BCUT2D eigenvalue weighted by Crippen LogP contribution is 2.04. The maximum atomic E-state index is 5.19. The number of hydrogen-bond donors (Lipinski definition) is 0. The average molecular weight is 218 g/mol. The molecule has 0 nitrogen and oxygen atoms in total. The van der Waals surface area contributed by atoms with E-state index in [9.17, 15) is 0 Å². The Morgan fingerprint density at radius 1 is 0.688 bits per heavy atom. The van der Waals surface area contributed by atoms with Gasteiger partial charge in [-0.15, -0.1) is 24.2 Å². The zero-order chi connectivity index (χ0) is 11.9. The van der Waals surface area contributed by atoms with Gasteiger partial charge in [0.05, 0.1) is 0 Å². The molecule has 0 aromatic heterocycles. The average Bonchev–Trinajstić information content (AvgIpc) is 2.31. The number of terminal acetylenes is 1. The predicted molar refractivity (Wildman–Crippen MR) is 73.1 cm³/mol. The molecular formula is C16H26. The summed E-state index contributed by atoms with van der Waals surface area (Å²) in [5, 5.41) is 0. The van der Waals surface area contributed by atoms with Gasteiger partial charge in [-0.1, -0.05) is 39.0 Å². The summed E-state index contributed by atoms with van der Waals surface area (Å²) in [6.45, 7) is 2.24. The second kappa shape index (κ2) is 14.1. The molecule has 0 amide bonds. The van der Waals surface area contributed by atoms with Crippen LogP contribution >= 0.6 is 0 Å². The van der Waals surface area contributed by atoms with E-state index in [0.29, 0.717) is 0 Å². The van der Waals surface area contributed by atoms with Gasteiger partial charge in [-0.25, -0.2) is 0 Å². The van der Waals surface area contributed by atoms with Gasteiger partial charge >= 0.3 is 0 Å². The highest BCUT2D eigenvalue weighted by molar-refractivity contribution is 4.98. The van der Waals surface area contributed by atoms with Crippen LogP contribution in [0.4, 0.5) is 0 Å². The SMILES string of the molecule is C#CCCCCCCC#CCCCCCC. The lowest BCUT2D eigenvalue weighted by molar-refractivity contribution is 0.660. The highest BCUT2D eigenvalue weighted by Gasteiger charge is 1.87. The molecule has 0 atom stereocenters. The summed E-state index contributed by atoms with van der Waals surface area (Å²) in [4.78, 5) is 0. The molecule has 0 heterocycles. The molecule has 16 heavy (non-hydrogen) atoms. The van der Waals surface area contributed by atoms with Crippen LogP contribution in [0.1, 0.15) is 77.6 Å². The van der Waals surface area contributed by atoms with Gasteiger partial charge in [-0.05, 0) is 19.3 Å². The van der Waals surface area contributed by atoms with Crippen LogP contribution in [0.2, 0.25) is 0 Å². The molecule has 0 aromatic carbocycles. The highest BCUT2D eigenvalue weighted by atomic mass is 13.9. The molecule has 0 N–H and O–H groups in total. The summed E-state index contributed by atoms with van der Waals surface area (Å²) in [5.74, 6) is 9.20. The second-order valence-electron chi connectivity index (χ2n) is 4.28. The standard InChI is InChI=1S/C16H26/c1-3-5-7-9-11-13-15-16-14-12-10-8-6-4-2/h1H,4-13,15H2,2H3. The van der Waals surface area contributed by atoms with Gasteiger partial charge in [0.15, 0.2) is 0 Å². The van der Waals surface area contributed by atoms with Gasteiger partial charge < -0.3 is 0 Å². The van der Waals surface area contributed by atoms with Crippen molar-refractivity contribution < 1.29 is 0 Å². The summed E-state index contributed by atoms with van der Waals surface area (Å²) in [5.41, 5.74) is 0. The van der Waals surface area contributed by atoms with Crippen LogP contribution < -0.4 is 0 Å². The van der Waals surface area contributed by atoms with Crippen LogP contribution in [-0.4, -0.2) is 0 Å². The van der Waals surface area contributed by atoms with E-state index in [-0.39, 0.29) is 0 Å². The van der Waals surface area contributed by atoms with Crippen molar-refractivity contribution >= 4 is 0 Å². The quantitative estimate of drug-likeness (QED) is 0.380. The molecule has 0 aromatic rings. The molecule has 0 spiro atoms. The van der Waals surface area contributed by atoms with E-state index in [1.165, 1.54) is 51.4 Å². The molecule has 0 saturated carbocycles. The molecule has 90 valence electrons. The van der Waals surface area contributed by atoms with E-state index in [4.69, 9.17) is 6.42 Å². The number of unbranched alkanes of at least 4 members (excludes halogenated alkanes) is 9. The summed E-state index contributed by atoms with van der Waals surface area (Å²) < 4.78 is 0. The minimum atomic E-state index is 0.934.